The predicted molar refractivity (Wildman–Crippen MR) is 164 cm³/mol. The highest BCUT2D eigenvalue weighted by Crippen LogP contribution is 2.42. The molecule has 3 aliphatic rings. The zero-order chi connectivity index (χ0) is 29.6. The molecule has 6 heterocycles. The summed E-state index contributed by atoms with van der Waals surface area (Å²) in [6.45, 7) is 4.55. The summed E-state index contributed by atoms with van der Waals surface area (Å²) in [6, 6.07) is 15.5. The Balaban J connectivity index is 0.917. The lowest BCUT2D eigenvalue weighted by molar-refractivity contribution is -0.0592. The third kappa shape index (κ3) is 5.44. The molecule has 10 heteroatoms. The number of benzene rings is 1. The number of carboxylic acid groups (broad SMARTS) is 1. The second-order valence-corrected chi connectivity index (χ2v) is 12.4. The van der Waals surface area contributed by atoms with Gasteiger partial charge in [-0.3, -0.25) is 4.90 Å². The Morgan fingerprint density at radius 2 is 1.84 bits per heavy atom. The zero-order valence-corrected chi connectivity index (χ0v) is 24.6. The van der Waals surface area contributed by atoms with Gasteiger partial charge in [0.05, 0.1) is 47.5 Å². The van der Waals surface area contributed by atoms with Crippen LogP contribution in [0.1, 0.15) is 76.9 Å². The first-order chi connectivity index (χ1) is 21.6. The van der Waals surface area contributed by atoms with E-state index in [0.717, 1.165) is 73.6 Å². The minimum atomic E-state index is -0.926. The van der Waals surface area contributed by atoms with Gasteiger partial charge in [-0.15, -0.1) is 0 Å². The van der Waals surface area contributed by atoms with E-state index in [1.807, 2.05) is 35.1 Å². The van der Waals surface area contributed by atoms with E-state index in [1.165, 1.54) is 23.9 Å². The molecular formula is C34H36N6O4. The Morgan fingerprint density at radius 1 is 0.977 bits per heavy atom. The van der Waals surface area contributed by atoms with Crippen LogP contribution in [0.25, 0.3) is 16.6 Å². The molecule has 5 aromatic rings. The number of likely N-dealkylation sites (tertiary alicyclic amines) is 1. The van der Waals surface area contributed by atoms with Gasteiger partial charge in [0, 0.05) is 36.0 Å². The summed E-state index contributed by atoms with van der Waals surface area (Å²) in [5, 5.41) is 14.0. The summed E-state index contributed by atoms with van der Waals surface area (Å²) in [5.41, 5.74) is 6.69. The van der Waals surface area contributed by atoms with Crippen LogP contribution in [0.2, 0.25) is 0 Å². The number of hydrogen-bond donors (Lipinski definition) is 1. The van der Waals surface area contributed by atoms with Gasteiger partial charge in [0.25, 0.3) is 0 Å². The first-order valence-electron chi connectivity index (χ1n) is 15.7. The third-order valence-corrected chi connectivity index (χ3v) is 9.39. The smallest absolute Gasteiger partial charge is 0.335 e. The van der Waals surface area contributed by atoms with Gasteiger partial charge in [0.1, 0.15) is 12.4 Å². The van der Waals surface area contributed by atoms with Gasteiger partial charge in [-0.1, -0.05) is 6.07 Å². The van der Waals surface area contributed by atoms with E-state index in [1.54, 1.807) is 12.1 Å². The van der Waals surface area contributed by atoms with Crippen molar-refractivity contribution in [1.82, 2.24) is 29.0 Å². The topological polar surface area (TPSA) is 107 Å². The molecule has 1 atom stereocenters. The minimum absolute atomic E-state index is 0.153. The highest BCUT2D eigenvalue weighted by atomic mass is 16.5. The number of fused-ring (bicyclic) bond motifs is 2. The molecule has 1 saturated carbocycles. The molecule has 44 heavy (non-hydrogen) atoms. The number of nitrogens with zero attached hydrogens (tertiary/aromatic N) is 6. The molecule has 2 saturated heterocycles. The average Bonchev–Trinajstić information content (AvgIpc) is 3.69. The van der Waals surface area contributed by atoms with Crippen molar-refractivity contribution in [3.63, 3.8) is 0 Å². The van der Waals surface area contributed by atoms with Gasteiger partial charge in [0.2, 0.25) is 5.88 Å². The Labute approximate surface area is 255 Å². The van der Waals surface area contributed by atoms with Crippen molar-refractivity contribution < 1.29 is 19.4 Å². The quantitative estimate of drug-likeness (QED) is 0.230. The molecular weight excluding hydrogens is 556 g/mol. The molecule has 3 fully saturated rings. The summed E-state index contributed by atoms with van der Waals surface area (Å²) in [4.78, 5) is 23.9. The van der Waals surface area contributed by atoms with E-state index in [0.29, 0.717) is 30.9 Å². The predicted octanol–water partition coefficient (Wildman–Crippen LogP) is 5.40. The van der Waals surface area contributed by atoms with E-state index in [-0.39, 0.29) is 11.7 Å². The number of imidazole rings is 1. The van der Waals surface area contributed by atoms with Gasteiger partial charge in [-0.25, -0.2) is 19.3 Å². The number of pyridine rings is 2. The molecule has 2 aliphatic heterocycles. The van der Waals surface area contributed by atoms with Gasteiger partial charge in [-0.05, 0) is 93.1 Å². The maximum Gasteiger partial charge on any atom is 0.335 e. The Hall–Kier alpha value is -4.28. The summed E-state index contributed by atoms with van der Waals surface area (Å²) >= 11 is 0. The van der Waals surface area contributed by atoms with Crippen LogP contribution in [0, 0.1) is 0 Å². The van der Waals surface area contributed by atoms with Crippen LogP contribution in [0.15, 0.2) is 60.9 Å². The van der Waals surface area contributed by atoms with E-state index < -0.39 is 5.97 Å². The molecule has 0 spiro atoms. The van der Waals surface area contributed by atoms with Gasteiger partial charge >= 0.3 is 5.97 Å². The molecule has 1 unspecified atom stereocenters. The highest BCUT2D eigenvalue weighted by Gasteiger charge is 2.28. The van der Waals surface area contributed by atoms with E-state index in [9.17, 15) is 9.90 Å². The maximum absolute atomic E-state index is 11.6. The normalized spacial score (nSPS) is 19.4. The van der Waals surface area contributed by atoms with Crippen LogP contribution in [0.3, 0.4) is 0 Å². The number of ether oxygens (including phenoxy) is 2. The molecule has 0 amide bonds. The van der Waals surface area contributed by atoms with Crippen LogP contribution in [-0.4, -0.2) is 65.9 Å². The van der Waals surface area contributed by atoms with E-state index in [2.05, 4.69) is 32.8 Å². The van der Waals surface area contributed by atoms with Crippen molar-refractivity contribution in [2.24, 2.45) is 0 Å². The monoisotopic (exact) mass is 592 g/mol. The van der Waals surface area contributed by atoms with Crippen LogP contribution in [-0.2, 0) is 24.4 Å². The lowest BCUT2D eigenvalue weighted by Crippen LogP contribution is -2.35. The fourth-order valence-corrected chi connectivity index (χ4v) is 6.59. The van der Waals surface area contributed by atoms with Gasteiger partial charge < -0.3 is 19.1 Å². The van der Waals surface area contributed by atoms with Crippen molar-refractivity contribution in [2.75, 3.05) is 19.7 Å². The number of rotatable bonds is 10. The van der Waals surface area contributed by atoms with Crippen molar-refractivity contribution in [3.05, 3.63) is 89.1 Å². The van der Waals surface area contributed by atoms with Crippen molar-refractivity contribution in [3.8, 4) is 5.88 Å². The Morgan fingerprint density at radius 3 is 2.61 bits per heavy atom. The molecule has 1 aliphatic carbocycles. The second-order valence-electron chi connectivity index (χ2n) is 12.4. The van der Waals surface area contributed by atoms with E-state index >= 15 is 0 Å². The number of aromatic carboxylic acids is 1. The van der Waals surface area contributed by atoms with Crippen molar-refractivity contribution in [2.45, 2.75) is 69.7 Å². The van der Waals surface area contributed by atoms with Crippen LogP contribution >= 0.6 is 0 Å². The SMILES string of the molecule is O=C(O)c1ccc2nc(CN3CCC(c4cccc(OCc5ccn6ncc(C7CC7)c6c5)n4)CC3)n(CC3CCO3)c2c1. The molecule has 4 aromatic heterocycles. The minimum Gasteiger partial charge on any atom is -0.478 e. The van der Waals surface area contributed by atoms with Crippen LogP contribution < -0.4 is 4.74 Å². The largest absolute Gasteiger partial charge is 0.478 e. The lowest BCUT2D eigenvalue weighted by Gasteiger charge is -2.32. The van der Waals surface area contributed by atoms with Crippen LogP contribution in [0.4, 0.5) is 0 Å². The fraction of sp³-hybridized carbons (Fsp3) is 0.412. The number of hydrogen-bond acceptors (Lipinski definition) is 7. The standard InChI is InChI=1S/C34H36N6O4/c41-34(42)25-6-7-29-31(17-25)39(19-26-11-15-43-26)32(36-29)20-38-12-9-24(10-13-38)28-2-1-3-33(37-28)44-21-22-8-14-40-30(16-22)27(18-35-40)23-4-5-23/h1-3,6-8,14,16-18,23-24,26H,4-5,9-13,15,19-21H2,(H,41,42). The average molecular weight is 593 g/mol. The molecule has 0 bridgehead atoms. The number of carboxylic acids is 1. The molecule has 0 radical (unpaired) electrons. The Kier molecular flexibility index (Phi) is 7.03. The Bertz CT molecular complexity index is 1830. The first kappa shape index (κ1) is 27.3. The van der Waals surface area contributed by atoms with Crippen LogP contribution in [0.5, 0.6) is 5.88 Å². The number of piperidine rings is 1. The molecule has 226 valence electrons. The number of carbonyl (C=O) groups is 1. The summed E-state index contributed by atoms with van der Waals surface area (Å²) in [6.07, 6.45) is 9.71. The number of aromatic nitrogens is 5. The highest BCUT2D eigenvalue weighted by molar-refractivity contribution is 5.92. The summed E-state index contributed by atoms with van der Waals surface area (Å²) in [5.74, 6) is 1.73. The molecule has 1 N–H and O–H groups in total. The molecule has 10 nitrogen and oxygen atoms in total. The van der Waals surface area contributed by atoms with Crippen molar-refractivity contribution >= 4 is 22.5 Å². The van der Waals surface area contributed by atoms with E-state index in [4.69, 9.17) is 19.4 Å². The first-order valence-corrected chi connectivity index (χ1v) is 15.7. The zero-order valence-electron chi connectivity index (χ0n) is 24.6. The summed E-state index contributed by atoms with van der Waals surface area (Å²) in [7, 11) is 0. The molecule has 1 aromatic carbocycles. The fourth-order valence-electron chi connectivity index (χ4n) is 6.59. The third-order valence-electron chi connectivity index (χ3n) is 9.39. The maximum atomic E-state index is 11.6. The lowest BCUT2D eigenvalue weighted by atomic mass is 9.93. The van der Waals surface area contributed by atoms with Gasteiger partial charge in [0.15, 0.2) is 0 Å². The van der Waals surface area contributed by atoms with Crippen molar-refractivity contribution in [1.29, 1.82) is 0 Å². The summed E-state index contributed by atoms with van der Waals surface area (Å²) < 4.78 is 16.0. The van der Waals surface area contributed by atoms with Gasteiger partial charge in [-0.2, -0.15) is 5.10 Å². The second kappa shape index (κ2) is 11.3. The molecule has 8 rings (SSSR count).